The molecular weight excluding hydrogens is 400 g/mol. The van der Waals surface area contributed by atoms with E-state index >= 15 is 0 Å². The van der Waals surface area contributed by atoms with Gasteiger partial charge in [-0.1, -0.05) is 31.0 Å². The lowest BCUT2D eigenvalue weighted by Gasteiger charge is -2.33. The number of nitrogens with one attached hydrogen (secondary N) is 1. The Labute approximate surface area is 190 Å². The largest absolute Gasteiger partial charge is 0.357 e. The number of benzene rings is 1. The van der Waals surface area contributed by atoms with Crippen molar-refractivity contribution >= 4 is 17.6 Å². The lowest BCUT2D eigenvalue weighted by Crippen LogP contribution is -2.49. The molecule has 2 aliphatic heterocycles. The van der Waals surface area contributed by atoms with Crippen molar-refractivity contribution in [3.05, 3.63) is 59.8 Å². The van der Waals surface area contributed by atoms with Crippen molar-refractivity contribution in [3.8, 4) is 0 Å². The zero-order chi connectivity index (χ0) is 21.9. The Balaban J connectivity index is 1.30. The predicted octanol–water partition coefficient (Wildman–Crippen LogP) is 3.77. The molecule has 3 aliphatic rings. The van der Waals surface area contributed by atoms with Crippen LogP contribution in [0.2, 0.25) is 0 Å². The van der Waals surface area contributed by atoms with Gasteiger partial charge in [-0.3, -0.25) is 9.59 Å². The Bertz CT molecular complexity index is 957. The lowest BCUT2D eigenvalue weighted by molar-refractivity contribution is -0.125. The normalized spacial score (nSPS) is 24.9. The minimum atomic E-state index is -0.393. The Morgan fingerprint density at radius 2 is 1.78 bits per heavy atom. The monoisotopic (exact) mass is 432 g/mol. The highest BCUT2D eigenvalue weighted by Gasteiger charge is 2.47. The number of pyridine rings is 1. The Kier molecular flexibility index (Phi) is 6.10. The van der Waals surface area contributed by atoms with Crippen LogP contribution in [-0.2, 0) is 11.3 Å². The minimum Gasteiger partial charge on any atom is -0.357 e. The van der Waals surface area contributed by atoms with Crippen molar-refractivity contribution in [2.75, 3.05) is 18.0 Å². The fraction of sp³-hybridized carbons (Fsp3) is 0.500. The first-order valence-corrected chi connectivity index (χ1v) is 12.1. The van der Waals surface area contributed by atoms with E-state index in [1.165, 1.54) is 19.3 Å². The molecule has 0 radical (unpaired) electrons. The average Bonchev–Trinajstić information content (AvgIpc) is 3.51. The summed E-state index contributed by atoms with van der Waals surface area (Å²) in [5.41, 5.74) is 1.72. The molecule has 1 aromatic carbocycles. The zero-order valence-corrected chi connectivity index (χ0v) is 18.6. The van der Waals surface area contributed by atoms with Gasteiger partial charge in [-0.15, -0.1) is 0 Å². The SMILES string of the molecule is O=C(NCc1ccnc(N2CCCC2)c1)C1CC2CCCCC2N1C(=O)c1ccccc1. The topological polar surface area (TPSA) is 65.5 Å². The van der Waals surface area contributed by atoms with Crippen molar-refractivity contribution in [2.24, 2.45) is 5.92 Å². The van der Waals surface area contributed by atoms with Gasteiger partial charge in [0.25, 0.3) is 5.91 Å². The smallest absolute Gasteiger partial charge is 0.254 e. The molecule has 168 valence electrons. The van der Waals surface area contributed by atoms with Crippen LogP contribution in [0.1, 0.15) is 60.9 Å². The van der Waals surface area contributed by atoms with Crippen LogP contribution in [-0.4, -0.2) is 46.9 Å². The molecule has 1 N–H and O–H groups in total. The van der Waals surface area contributed by atoms with Crippen LogP contribution in [0, 0.1) is 5.92 Å². The maximum Gasteiger partial charge on any atom is 0.254 e. The Hall–Kier alpha value is -2.89. The molecule has 3 heterocycles. The number of fused-ring (bicyclic) bond motifs is 1. The number of amides is 2. The van der Waals surface area contributed by atoms with Crippen LogP contribution >= 0.6 is 0 Å². The van der Waals surface area contributed by atoms with Crippen LogP contribution in [0.5, 0.6) is 0 Å². The molecule has 3 unspecified atom stereocenters. The molecule has 2 aromatic rings. The number of anilines is 1. The summed E-state index contributed by atoms with van der Waals surface area (Å²) in [5.74, 6) is 1.36. The van der Waals surface area contributed by atoms with Crippen LogP contribution < -0.4 is 10.2 Å². The third-order valence-corrected chi connectivity index (χ3v) is 7.35. The molecule has 2 amide bonds. The molecule has 1 saturated carbocycles. The number of hydrogen-bond donors (Lipinski definition) is 1. The molecule has 6 heteroatoms. The number of nitrogens with zero attached hydrogens (tertiary/aromatic N) is 3. The summed E-state index contributed by atoms with van der Waals surface area (Å²) in [6.45, 7) is 2.55. The molecule has 0 bridgehead atoms. The number of hydrogen-bond acceptors (Lipinski definition) is 4. The highest BCUT2D eigenvalue weighted by atomic mass is 16.2. The van der Waals surface area contributed by atoms with E-state index in [9.17, 15) is 9.59 Å². The first-order valence-electron chi connectivity index (χ1n) is 12.1. The quantitative estimate of drug-likeness (QED) is 0.781. The number of rotatable bonds is 5. The zero-order valence-electron chi connectivity index (χ0n) is 18.6. The maximum atomic E-state index is 13.4. The van der Waals surface area contributed by atoms with E-state index in [2.05, 4.69) is 21.3 Å². The summed E-state index contributed by atoms with van der Waals surface area (Å²) < 4.78 is 0. The van der Waals surface area contributed by atoms with Crippen molar-refractivity contribution in [3.63, 3.8) is 0 Å². The molecule has 2 saturated heterocycles. The maximum absolute atomic E-state index is 13.4. The molecule has 1 aromatic heterocycles. The van der Waals surface area contributed by atoms with E-state index in [4.69, 9.17) is 0 Å². The third-order valence-electron chi connectivity index (χ3n) is 7.35. The van der Waals surface area contributed by atoms with Crippen LogP contribution in [0.15, 0.2) is 48.7 Å². The van der Waals surface area contributed by atoms with Crippen molar-refractivity contribution in [1.82, 2.24) is 15.2 Å². The lowest BCUT2D eigenvalue weighted by atomic mass is 9.84. The molecule has 32 heavy (non-hydrogen) atoms. The molecule has 0 spiro atoms. The van der Waals surface area contributed by atoms with Gasteiger partial charge < -0.3 is 15.1 Å². The van der Waals surface area contributed by atoms with E-state index in [0.29, 0.717) is 18.0 Å². The fourth-order valence-corrected chi connectivity index (χ4v) is 5.71. The van der Waals surface area contributed by atoms with Gasteiger partial charge in [-0.05, 0) is 67.9 Å². The van der Waals surface area contributed by atoms with Gasteiger partial charge in [0.15, 0.2) is 0 Å². The predicted molar refractivity (Wildman–Crippen MR) is 124 cm³/mol. The molecule has 1 aliphatic carbocycles. The summed E-state index contributed by atoms with van der Waals surface area (Å²) in [7, 11) is 0. The Morgan fingerprint density at radius 1 is 1.00 bits per heavy atom. The summed E-state index contributed by atoms with van der Waals surface area (Å²) in [6, 6.07) is 13.2. The van der Waals surface area contributed by atoms with E-state index in [1.54, 1.807) is 0 Å². The van der Waals surface area contributed by atoms with Crippen molar-refractivity contribution in [1.29, 1.82) is 0 Å². The average molecular weight is 433 g/mol. The van der Waals surface area contributed by atoms with Gasteiger partial charge in [0.1, 0.15) is 11.9 Å². The Morgan fingerprint density at radius 3 is 2.59 bits per heavy atom. The molecular formula is C26H32N4O2. The van der Waals surface area contributed by atoms with Gasteiger partial charge >= 0.3 is 0 Å². The number of aromatic nitrogens is 1. The van der Waals surface area contributed by atoms with Gasteiger partial charge in [0, 0.05) is 37.4 Å². The first-order chi connectivity index (χ1) is 15.7. The number of likely N-dealkylation sites (tertiary alicyclic amines) is 1. The number of carbonyl (C=O) groups is 2. The summed E-state index contributed by atoms with van der Waals surface area (Å²) in [5, 5.41) is 3.13. The fourth-order valence-electron chi connectivity index (χ4n) is 5.71. The van der Waals surface area contributed by atoms with Gasteiger partial charge in [-0.25, -0.2) is 4.98 Å². The van der Waals surface area contributed by atoms with E-state index in [0.717, 1.165) is 50.2 Å². The van der Waals surface area contributed by atoms with E-state index in [1.807, 2.05) is 47.5 Å². The van der Waals surface area contributed by atoms with Crippen LogP contribution in [0.25, 0.3) is 0 Å². The van der Waals surface area contributed by atoms with Crippen LogP contribution in [0.3, 0.4) is 0 Å². The molecule has 6 nitrogen and oxygen atoms in total. The molecule has 3 atom stereocenters. The van der Waals surface area contributed by atoms with Gasteiger partial charge in [0.2, 0.25) is 5.91 Å². The van der Waals surface area contributed by atoms with E-state index < -0.39 is 6.04 Å². The summed E-state index contributed by atoms with van der Waals surface area (Å²) in [4.78, 5) is 35.4. The standard InChI is InChI=1S/C26H32N4O2/c31-25(28-18-19-12-13-27-24(16-19)29-14-6-7-15-29)23-17-21-10-4-5-11-22(21)30(23)26(32)20-8-2-1-3-9-20/h1-3,8-9,12-13,16,21-23H,4-7,10-11,14-15,17-18H2,(H,28,31). The van der Waals surface area contributed by atoms with Gasteiger partial charge in [-0.2, -0.15) is 0 Å². The second kappa shape index (κ2) is 9.31. The molecule has 5 rings (SSSR count). The van der Waals surface area contributed by atoms with Crippen molar-refractivity contribution in [2.45, 2.75) is 63.6 Å². The second-order valence-corrected chi connectivity index (χ2v) is 9.38. The minimum absolute atomic E-state index is 0.0135. The summed E-state index contributed by atoms with van der Waals surface area (Å²) in [6.07, 6.45) is 9.43. The summed E-state index contributed by atoms with van der Waals surface area (Å²) >= 11 is 0. The van der Waals surface area contributed by atoms with Crippen molar-refractivity contribution < 1.29 is 9.59 Å². The number of carbonyl (C=O) groups excluding carboxylic acids is 2. The highest BCUT2D eigenvalue weighted by Crippen LogP contribution is 2.40. The van der Waals surface area contributed by atoms with Gasteiger partial charge in [0.05, 0.1) is 0 Å². The molecule has 3 fully saturated rings. The van der Waals surface area contributed by atoms with Crippen LogP contribution in [0.4, 0.5) is 5.82 Å². The van der Waals surface area contributed by atoms with E-state index in [-0.39, 0.29) is 17.9 Å². The second-order valence-electron chi connectivity index (χ2n) is 9.38. The first kappa shape index (κ1) is 21.0. The highest BCUT2D eigenvalue weighted by molar-refractivity contribution is 5.98. The third kappa shape index (κ3) is 4.23.